The van der Waals surface area contributed by atoms with E-state index in [1.54, 1.807) is 0 Å². The molecule has 0 aromatic heterocycles. The quantitative estimate of drug-likeness (QED) is 0.447. The minimum atomic E-state index is -0.962. The van der Waals surface area contributed by atoms with Crippen molar-refractivity contribution in [2.45, 2.75) is 45.6 Å². The third kappa shape index (κ3) is 6.93. The van der Waals surface area contributed by atoms with Gasteiger partial charge in [0.1, 0.15) is 6.04 Å². The fourth-order valence-corrected chi connectivity index (χ4v) is 1.08. The molecule has 1 atom stereocenters. The summed E-state index contributed by atoms with van der Waals surface area (Å²) in [5, 5.41) is 8.68. The Hall–Kier alpha value is -0.0600. The molecule has 0 aromatic carbocycles. The van der Waals surface area contributed by atoms with Crippen molar-refractivity contribution in [2.24, 2.45) is 0 Å². The van der Waals surface area contributed by atoms with E-state index >= 15 is 0 Å². The summed E-state index contributed by atoms with van der Waals surface area (Å²) in [5.41, 5.74) is 0. The van der Waals surface area contributed by atoms with Crippen LogP contribution in [0.15, 0.2) is 0 Å². The summed E-state index contributed by atoms with van der Waals surface area (Å²) in [6.45, 7) is 3.58. The van der Waals surface area contributed by atoms with Crippen LogP contribution in [0.2, 0.25) is 0 Å². The van der Waals surface area contributed by atoms with E-state index in [4.69, 9.17) is 5.11 Å². The summed E-state index contributed by atoms with van der Waals surface area (Å²) >= 11 is 0. The van der Waals surface area contributed by atoms with E-state index in [1.165, 1.54) is 18.9 Å². The summed E-state index contributed by atoms with van der Waals surface area (Å²) in [4.78, 5) is 23.3. The number of carboxylic acids is 1. The molecule has 1 unspecified atom stereocenters. The molecule has 0 fully saturated rings. The van der Waals surface area contributed by atoms with Gasteiger partial charge in [-0.2, -0.15) is 0 Å². The number of amides is 1. The van der Waals surface area contributed by atoms with Crippen molar-refractivity contribution in [1.82, 2.24) is 4.90 Å². The van der Waals surface area contributed by atoms with Crippen LogP contribution in [0, 0.1) is 0 Å². The van der Waals surface area contributed by atoms with E-state index in [-0.39, 0.29) is 36.9 Å². The van der Waals surface area contributed by atoms with Gasteiger partial charge in [-0.25, -0.2) is 4.79 Å². The van der Waals surface area contributed by atoms with Crippen molar-refractivity contribution in [3.05, 3.63) is 0 Å². The van der Waals surface area contributed by atoms with Gasteiger partial charge in [-0.1, -0.05) is 19.8 Å². The van der Waals surface area contributed by atoms with Crippen molar-refractivity contribution in [1.29, 1.82) is 0 Å². The number of hydrogen-bond donors (Lipinski definition) is 1. The first kappa shape index (κ1) is 17.3. The molecule has 0 radical (unpaired) electrons. The fourth-order valence-electron chi connectivity index (χ4n) is 1.08. The van der Waals surface area contributed by atoms with Crippen LogP contribution >= 0.6 is 0 Å². The molecule has 84 valence electrons. The molecule has 0 rings (SSSR count). The van der Waals surface area contributed by atoms with Gasteiger partial charge in [0, 0.05) is 13.5 Å². The van der Waals surface area contributed by atoms with Crippen LogP contribution in [0.3, 0.4) is 0 Å². The Morgan fingerprint density at radius 1 is 1.40 bits per heavy atom. The summed E-state index contributed by atoms with van der Waals surface area (Å²) in [5.74, 6) is -1.05. The maximum Gasteiger partial charge on any atom is 1.00 e. The molecule has 5 heteroatoms. The van der Waals surface area contributed by atoms with Gasteiger partial charge in [0.05, 0.1) is 0 Å². The Morgan fingerprint density at radius 2 is 1.93 bits per heavy atom. The van der Waals surface area contributed by atoms with Crippen LogP contribution in [0.1, 0.15) is 41.0 Å². The topological polar surface area (TPSA) is 57.6 Å². The number of rotatable bonds is 6. The van der Waals surface area contributed by atoms with Gasteiger partial charge in [-0.3, -0.25) is 4.79 Å². The van der Waals surface area contributed by atoms with Crippen molar-refractivity contribution in [2.75, 3.05) is 7.05 Å². The Balaban J connectivity index is -0.000000845. The zero-order valence-electron chi connectivity index (χ0n) is 11.1. The number of nitrogens with zero attached hydrogens (tertiary/aromatic N) is 1. The molecule has 4 nitrogen and oxygen atoms in total. The normalized spacial score (nSPS) is 11.4. The molecule has 0 bridgehead atoms. The van der Waals surface area contributed by atoms with E-state index in [2.05, 4.69) is 6.92 Å². The van der Waals surface area contributed by atoms with Gasteiger partial charge in [-0.05, 0) is 13.3 Å². The van der Waals surface area contributed by atoms with Crippen LogP contribution in [0.25, 0.3) is 0 Å². The van der Waals surface area contributed by atoms with Gasteiger partial charge < -0.3 is 11.4 Å². The van der Waals surface area contributed by atoms with E-state index < -0.39 is 12.0 Å². The van der Waals surface area contributed by atoms with Gasteiger partial charge >= 0.3 is 35.5 Å². The molecule has 0 aliphatic heterocycles. The van der Waals surface area contributed by atoms with Crippen LogP contribution in [0.4, 0.5) is 0 Å². The average molecular weight is 225 g/mol. The average Bonchev–Trinajstić information content (AvgIpc) is 2.15. The van der Waals surface area contributed by atoms with E-state index in [9.17, 15) is 9.59 Å². The minimum Gasteiger partial charge on any atom is -1.00 e. The van der Waals surface area contributed by atoms with Crippen LogP contribution < -0.4 is 29.6 Å². The molecule has 0 saturated carbocycles. The smallest absolute Gasteiger partial charge is 1.00 e. The molecule has 1 amide bonds. The van der Waals surface area contributed by atoms with Gasteiger partial charge in [0.15, 0.2) is 0 Å². The van der Waals surface area contributed by atoms with Gasteiger partial charge in [0.25, 0.3) is 0 Å². The summed E-state index contributed by atoms with van der Waals surface area (Å²) in [7, 11) is 1.53. The number of aliphatic carboxylic acids is 1. The molecular weight excluding hydrogens is 205 g/mol. The van der Waals surface area contributed by atoms with Crippen LogP contribution in [-0.2, 0) is 9.59 Å². The predicted molar refractivity (Wildman–Crippen MR) is 55.1 cm³/mol. The Bertz CT molecular complexity index is 214. The molecule has 0 aromatic rings. The molecule has 0 aliphatic rings. The number of hydrogen-bond acceptors (Lipinski definition) is 2. The van der Waals surface area contributed by atoms with E-state index in [1.807, 2.05) is 0 Å². The first-order chi connectivity index (χ1) is 6.50. The fraction of sp³-hybridized carbons (Fsp3) is 0.800. The molecule has 0 aliphatic carbocycles. The summed E-state index contributed by atoms with van der Waals surface area (Å²) < 4.78 is 0. The van der Waals surface area contributed by atoms with Crippen molar-refractivity contribution in [3.8, 4) is 0 Å². The molecule has 15 heavy (non-hydrogen) atoms. The molecule has 0 saturated heterocycles. The van der Waals surface area contributed by atoms with Crippen molar-refractivity contribution < 1.29 is 45.7 Å². The minimum absolute atomic E-state index is 0. The number of unbranched alkanes of at least 4 members (excludes halogenated alkanes) is 2. The number of carbonyl (C=O) groups is 2. The first-order valence-corrected chi connectivity index (χ1v) is 4.99. The second kappa shape index (κ2) is 9.19. The standard InChI is InChI=1S/C10H19NO3.Na.H/c1-4-5-6-7-9(12)11(3)8(2)10(13)14;;/h8H,4-7H2,1-3H3,(H,13,14);;/q;+1;-1. The molecule has 0 spiro atoms. The molecule has 0 heterocycles. The number of likely N-dealkylation sites (N-methyl/N-ethyl adjacent to an activating group) is 1. The Morgan fingerprint density at radius 3 is 2.33 bits per heavy atom. The third-order valence-corrected chi connectivity index (χ3v) is 2.33. The van der Waals surface area contributed by atoms with Crippen molar-refractivity contribution >= 4 is 11.9 Å². The zero-order valence-corrected chi connectivity index (χ0v) is 12.1. The SMILES string of the molecule is CCCCCC(=O)N(C)C(C)C(=O)O.[H-].[Na+]. The monoisotopic (exact) mass is 225 g/mol. The Labute approximate surface area is 115 Å². The second-order valence-electron chi connectivity index (χ2n) is 3.48. The molecular formula is C10H20NNaO3. The summed E-state index contributed by atoms with van der Waals surface area (Å²) in [6, 6.07) is -0.732. The summed E-state index contributed by atoms with van der Waals surface area (Å²) in [6.07, 6.45) is 3.36. The van der Waals surface area contributed by atoms with E-state index in [0.717, 1.165) is 19.3 Å². The predicted octanol–water partition coefficient (Wildman–Crippen LogP) is -1.39. The molecule has 1 N–H and O–H groups in total. The zero-order chi connectivity index (χ0) is 11.1. The maximum absolute atomic E-state index is 11.4. The number of carbonyl (C=O) groups excluding carboxylic acids is 1. The number of carboxylic acid groups (broad SMARTS) is 1. The largest absolute Gasteiger partial charge is 1.00 e. The Kier molecular flexibility index (Phi) is 10.6. The van der Waals surface area contributed by atoms with Gasteiger partial charge in [0.2, 0.25) is 5.91 Å². The maximum atomic E-state index is 11.4. The van der Waals surface area contributed by atoms with Crippen LogP contribution in [-0.4, -0.2) is 35.0 Å². The van der Waals surface area contributed by atoms with Crippen LogP contribution in [0.5, 0.6) is 0 Å². The third-order valence-electron chi connectivity index (χ3n) is 2.33. The second-order valence-corrected chi connectivity index (χ2v) is 3.48. The van der Waals surface area contributed by atoms with E-state index in [0.29, 0.717) is 6.42 Å². The van der Waals surface area contributed by atoms with Crippen molar-refractivity contribution in [3.63, 3.8) is 0 Å². The van der Waals surface area contributed by atoms with Gasteiger partial charge in [-0.15, -0.1) is 0 Å². The first-order valence-electron chi connectivity index (χ1n) is 4.99.